The highest BCUT2D eigenvalue weighted by atomic mass is 19.1. The van der Waals surface area contributed by atoms with E-state index >= 15 is 0 Å². The van der Waals surface area contributed by atoms with E-state index in [0.717, 1.165) is 5.56 Å². The predicted molar refractivity (Wildman–Crippen MR) is 92.4 cm³/mol. The van der Waals surface area contributed by atoms with E-state index in [-0.39, 0.29) is 17.6 Å². The van der Waals surface area contributed by atoms with Gasteiger partial charge in [-0.15, -0.1) is 0 Å². The summed E-state index contributed by atoms with van der Waals surface area (Å²) >= 11 is 0. The van der Waals surface area contributed by atoms with Crippen LogP contribution in [0.25, 0.3) is 0 Å². The molecule has 0 spiro atoms. The Bertz CT molecular complexity index is 805. The zero-order valence-corrected chi connectivity index (χ0v) is 14.1. The molecule has 130 valence electrons. The summed E-state index contributed by atoms with van der Waals surface area (Å²) in [7, 11) is 1.66. The number of rotatable bonds is 4. The van der Waals surface area contributed by atoms with E-state index in [4.69, 9.17) is 4.74 Å². The lowest BCUT2D eigenvalue weighted by molar-refractivity contribution is -0.125. The second-order valence-electron chi connectivity index (χ2n) is 5.97. The molecule has 1 unspecified atom stereocenters. The Kier molecular flexibility index (Phi) is 4.70. The largest absolute Gasteiger partial charge is 0.479 e. The van der Waals surface area contributed by atoms with Crippen LogP contribution in [0.15, 0.2) is 42.5 Å². The van der Waals surface area contributed by atoms with Gasteiger partial charge >= 0.3 is 0 Å². The molecule has 1 heterocycles. The third-order valence-corrected chi connectivity index (χ3v) is 4.18. The van der Waals surface area contributed by atoms with Crippen molar-refractivity contribution in [1.29, 1.82) is 0 Å². The Morgan fingerprint density at radius 2 is 1.96 bits per heavy atom. The molecule has 25 heavy (non-hydrogen) atoms. The minimum Gasteiger partial charge on any atom is -0.479 e. The van der Waals surface area contributed by atoms with Gasteiger partial charge in [0.2, 0.25) is 0 Å². The maximum atomic E-state index is 12.9. The topological polar surface area (TPSA) is 58.6 Å². The van der Waals surface area contributed by atoms with Crippen molar-refractivity contribution >= 4 is 17.5 Å². The van der Waals surface area contributed by atoms with Crippen LogP contribution < -0.4 is 15.0 Å². The van der Waals surface area contributed by atoms with E-state index in [0.29, 0.717) is 30.0 Å². The predicted octanol–water partition coefficient (Wildman–Crippen LogP) is 2.54. The first-order valence-corrected chi connectivity index (χ1v) is 8.06. The maximum absolute atomic E-state index is 12.9. The van der Waals surface area contributed by atoms with Crippen LogP contribution in [-0.4, -0.2) is 31.5 Å². The van der Waals surface area contributed by atoms with Crippen LogP contribution in [0, 0.1) is 5.82 Å². The van der Waals surface area contributed by atoms with E-state index in [1.54, 1.807) is 44.3 Å². The monoisotopic (exact) mass is 342 g/mol. The number of hydrogen-bond donors (Lipinski definition) is 1. The molecule has 3 rings (SSSR count). The molecule has 1 aliphatic rings. The van der Waals surface area contributed by atoms with Gasteiger partial charge in [-0.2, -0.15) is 0 Å². The van der Waals surface area contributed by atoms with Crippen LogP contribution in [0.4, 0.5) is 10.1 Å². The molecule has 0 saturated carbocycles. The lowest BCUT2D eigenvalue weighted by Gasteiger charge is -2.30. The van der Waals surface area contributed by atoms with Crippen LogP contribution in [0.5, 0.6) is 5.75 Å². The second-order valence-corrected chi connectivity index (χ2v) is 5.97. The fourth-order valence-corrected chi connectivity index (χ4v) is 2.73. The number of nitrogens with one attached hydrogen (secondary N) is 1. The molecule has 0 fully saturated rings. The molecule has 0 radical (unpaired) electrons. The van der Waals surface area contributed by atoms with Gasteiger partial charge in [-0.05, 0) is 49.2 Å². The Morgan fingerprint density at radius 3 is 2.68 bits per heavy atom. The van der Waals surface area contributed by atoms with Crippen molar-refractivity contribution in [3.8, 4) is 5.75 Å². The lowest BCUT2D eigenvalue weighted by Crippen LogP contribution is -2.42. The summed E-state index contributed by atoms with van der Waals surface area (Å²) in [6.07, 6.45) is 0.0728. The van der Waals surface area contributed by atoms with Crippen LogP contribution in [-0.2, 0) is 11.2 Å². The average molecular weight is 342 g/mol. The number of likely N-dealkylation sites (N-methyl/N-ethyl adjacent to an activating group) is 1. The zero-order chi connectivity index (χ0) is 18.0. The molecule has 0 saturated heterocycles. The Balaban J connectivity index is 1.65. The van der Waals surface area contributed by atoms with Gasteiger partial charge in [0.15, 0.2) is 6.10 Å². The highest BCUT2D eigenvalue weighted by Gasteiger charge is 2.29. The van der Waals surface area contributed by atoms with Gasteiger partial charge in [-0.25, -0.2) is 4.39 Å². The van der Waals surface area contributed by atoms with Gasteiger partial charge in [0.05, 0.1) is 5.69 Å². The summed E-state index contributed by atoms with van der Waals surface area (Å²) in [5.74, 6) is -0.0831. The van der Waals surface area contributed by atoms with Crippen molar-refractivity contribution < 1.29 is 18.7 Å². The molecule has 1 atom stereocenters. The molecule has 0 aromatic heterocycles. The summed E-state index contributed by atoms with van der Waals surface area (Å²) in [5, 5.41) is 2.83. The number of nitrogens with zero attached hydrogens (tertiary/aromatic N) is 1. The first-order valence-electron chi connectivity index (χ1n) is 8.06. The minimum atomic E-state index is -0.534. The summed E-state index contributed by atoms with van der Waals surface area (Å²) in [4.78, 5) is 25.8. The Hall–Kier alpha value is -2.89. The third kappa shape index (κ3) is 3.63. The number of anilines is 1. The molecule has 6 heteroatoms. The molecule has 2 amide bonds. The van der Waals surface area contributed by atoms with Gasteiger partial charge < -0.3 is 15.0 Å². The molecule has 0 bridgehead atoms. The summed E-state index contributed by atoms with van der Waals surface area (Å²) < 4.78 is 18.4. The van der Waals surface area contributed by atoms with Crippen molar-refractivity contribution in [2.45, 2.75) is 19.4 Å². The molecular formula is C19H19FN2O3. The second kappa shape index (κ2) is 6.93. The van der Waals surface area contributed by atoms with E-state index in [9.17, 15) is 14.0 Å². The number of carbonyl (C=O) groups is 2. The number of amides is 2. The van der Waals surface area contributed by atoms with Crippen LogP contribution in [0.3, 0.4) is 0 Å². The van der Waals surface area contributed by atoms with Gasteiger partial charge in [0, 0.05) is 19.2 Å². The van der Waals surface area contributed by atoms with Crippen molar-refractivity contribution in [3.63, 3.8) is 0 Å². The van der Waals surface area contributed by atoms with E-state index in [1.807, 2.05) is 0 Å². The highest BCUT2D eigenvalue weighted by molar-refractivity contribution is 6.02. The summed E-state index contributed by atoms with van der Waals surface area (Å²) in [6.45, 7) is 2.13. The van der Waals surface area contributed by atoms with Gasteiger partial charge in [-0.1, -0.05) is 12.1 Å². The number of halogens is 1. The maximum Gasteiger partial charge on any atom is 0.267 e. The highest BCUT2D eigenvalue weighted by Crippen LogP contribution is 2.33. The molecule has 1 aliphatic heterocycles. The van der Waals surface area contributed by atoms with Gasteiger partial charge in [0.25, 0.3) is 11.8 Å². The van der Waals surface area contributed by atoms with Crippen molar-refractivity contribution in [2.24, 2.45) is 0 Å². The number of ether oxygens (including phenoxy) is 1. The molecule has 5 nitrogen and oxygen atoms in total. The first kappa shape index (κ1) is 17.0. The lowest BCUT2D eigenvalue weighted by atomic mass is 10.1. The van der Waals surface area contributed by atoms with Gasteiger partial charge in [0.1, 0.15) is 11.6 Å². The smallest absolute Gasteiger partial charge is 0.267 e. The fourth-order valence-electron chi connectivity index (χ4n) is 2.73. The number of fused-ring (bicyclic) bond motifs is 1. The zero-order valence-electron chi connectivity index (χ0n) is 14.1. The molecule has 2 aromatic carbocycles. The Morgan fingerprint density at radius 1 is 1.24 bits per heavy atom. The van der Waals surface area contributed by atoms with Crippen molar-refractivity contribution in [2.75, 3.05) is 18.5 Å². The molecule has 0 aliphatic carbocycles. The molecule has 2 aromatic rings. The quantitative estimate of drug-likeness (QED) is 0.929. The van der Waals surface area contributed by atoms with E-state index < -0.39 is 6.10 Å². The fraction of sp³-hybridized carbons (Fsp3) is 0.263. The summed E-state index contributed by atoms with van der Waals surface area (Å²) in [5.41, 5.74) is 1.98. The summed E-state index contributed by atoms with van der Waals surface area (Å²) in [6, 6.07) is 11.2. The SMILES string of the molecule is CC1Oc2ccc(C(=O)NCCc3ccc(F)cc3)cc2N(C)C1=O. The standard InChI is InChI=1S/C19H19FN2O3/c1-12-19(24)22(2)16-11-14(5-8-17(16)25-12)18(23)21-10-9-13-3-6-15(20)7-4-13/h3-8,11-12H,9-10H2,1-2H3,(H,21,23). The number of benzene rings is 2. The number of carbonyl (C=O) groups excluding carboxylic acids is 2. The van der Waals surface area contributed by atoms with Crippen molar-refractivity contribution in [1.82, 2.24) is 5.32 Å². The van der Waals surface area contributed by atoms with E-state index in [2.05, 4.69) is 5.32 Å². The first-order chi connectivity index (χ1) is 12.0. The third-order valence-electron chi connectivity index (χ3n) is 4.18. The van der Waals surface area contributed by atoms with E-state index in [1.165, 1.54) is 17.0 Å². The van der Waals surface area contributed by atoms with Crippen LogP contribution >= 0.6 is 0 Å². The normalized spacial score (nSPS) is 16.2. The van der Waals surface area contributed by atoms with Crippen LogP contribution in [0.1, 0.15) is 22.8 Å². The molecular weight excluding hydrogens is 323 g/mol. The van der Waals surface area contributed by atoms with Crippen molar-refractivity contribution in [3.05, 3.63) is 59.4 Å². The Labute approximate surface area is 145 Å². The number of hydrogen-bond acceptors (Lipinski definition) is 3. The molecule has 1 N–H and O–H groups in total. The average Bonchev–Trinajstić information content (AvgIpc) is 2.61. The van der Waals surface area contributed by atoms with Crippen LogP contribution in [0.2, 0.25) is 0 Å². The van der Waals surface area contributed by atoms with Gasteiger partial charge in [-0.3, -0.25) is 9.59 Å². The minimum absolute atomic E-state index is 0.152.